The highest BCUT2D eigenvalue weighted by molar-refractivity contribution is 9.10. The molecule has 1 aromatic rings. The summed E-state index contributed by atoms with van der Waals surface area (Å²) in [7, 11) is 1.59. The summed E-state index contributed by atoms with van der Waals surface area (Å²) >= 11 is 3.37. The highest BCUT2D eigenvalue weighted by atomic mass is 79.9. The second-order valence-electron chi connectivity index (χ2n) is 4.56. The van der Waals surface area contributed by atoms with Crippen LogP contribution in [0.25, 0.3) is 0 Å². The number of hydrogen-bond donors (Lipinski definition) is 1. The first kappa shape index (κ1) is 16.1. The Morgan fingerprint density at radius 3 is 2.63 bits per heavy atom. The lowest BCUT2D eigenvalue weighted by molar-refractivity contribution is 0.0881. The predicted octanol–water partition coefficient (Wildman–Crippen LogP) is 2.34. The Kier molecular flexibility index (Phi) is 6.48. The van der Waals surface area contributed by atoms with E-state index in [1.165, 1.54) is 0 Å². The molecule has 0 heterocycles. The summed E-state index contributed by atoms with van der Waals surface area (Å²) in [5.74, 6) is 0.734. The Hall–Kier alpha value is -0.910. The van der Waals surface area contributed by atoms with Crippen LogP contribution in [0.4, 0.5) is 0 Å². The fourth-order valence-corrected chi connectivity index (χ4v) is 2.30. The molecule has 0 aliphatic carbocycles. The molecule has 0 bridgehead atoms. The maximum atomic E-state index is 12.2. The van der Waals surface area contributed by atoms with E-state index in [-0.39, 0.29) is 18.4 Å². The summed E-state index contributed by atoms with van der Waals surface area (Å²) in [5, 5.41) is 9.00. The summed E-state index contributed by atoms with van der Waals surface area (Å²) < 4.78 is 5.90. The van der Waals surface area contributed by atoms with Gasteiger partial charge in [-0.25, -0.2) is 0 Å². The molecule has 19 heavy (non-hydrogen) atoms. The molecule has 0 fully saturated rings. The zero-order valence-corrected chi connectivity index (χ0v) is 13.1. The fraction of sp³-hybridized carbons (Fsp3) is 0.500. The van der Waals surface area contributed by atoms with Crippen molar-refractivity contribution in [1.29, 1.82) is 0 Å². The molecule has 0 spiro atoms. The number of Topliss-reactive ketones (excluding diaryl/α,β-unsaturated/α-hetero) is 1. The minimum atomic E-state index is 0.0329. The van der Waals surface area contributed by atoms with Crippen molar-refractivity contribution >= 4 is 21.7 Å². The number of hydrogen-bond acceptors (Lipinski definition) is 4. The molecule has 0 unspecified atom stereocenters. The number of aliphatic hydroxyl groups is 1. The number of carbonyl (C=O) groups is 1. The van der Waals surface area contributed by atoms with Gasteiger partial charge in [0, 0.05) is 18.2 Å². The molecule has 0 aliphatic heterocycles. The molecule has 4 nitrogen and oxygen atoms in total. The van der Waals surface area contributed by atoms with Crippen molar-refractivity contribution in [3.05, 3.63) is 28.2 Å². The summed E-state index contributed by atoms with van der Waals surface area (Å²) in [4.78, 5) is 14.1. The van der Waals surface area contributed by atoms with E-state index < -0.39 is 0 Å². The Labute approximate surface area is 122 Å². The number of ether oxygens (including phenoxy) is 1. The van der Waals surface area contributed by atoms with Gasteiger partial charge in [0.05, 0.1) is 24.7 Å². The van der Waals surface area contributed by atoms with E-state index in [0.29, 0.717) is 24.4 Å². The number of halogens is 1. The van der Waals surface area contributed by atoms with Gasteiger partial charge in [-0.1, -0.05) is 0 Å². The molecule has 5 heteroatoms. The van der Waals surface area contributed by atoms with Gasteiger partial charge in [0.25, 0.3) is 0 Å². The number of benzene rings is 1. The van der Waals surface area contributed by atoms with Crippen molar-refractivity contribution in [2.24, 2.45) is 0 Å². The molecule has 106 valence electrons. The van der Waals surface area contributed by atoms with Gasteiger partial charge in [0.2, 0.25) is 0 Å². The highest BCUT2D eigenvalue weighted by Crippen LogP contribution is 2.25. The predicted molar refractivity (Wildman–Crippen MR) is 78.8 cm³/mol. The molecule has 1 N–H and O–H groups in total. The largest absolute Gasteiger partial charge is 0.496 e. The smallest absolute Gasteiger partial charge is 0.176 e. The van der Waals surface area contributed by atoms with E-state index >= 15 is 0 Å². The average Bonchev–Trinajstić information content (AvgIpc) is 2.37. The van der Waals surface area contributed by atoms with Gasteiger partial charge in [-0.05, 0) is 48.0 Å². The van der Waals surface area contributed by atoms with Gasteiger partial charge in [-0.2, -0.15) is 0 Å². The van der Waals surface area contributed by atoms with Gasteiger partial charge in [0.15, 0.2) is 5.78 Å². The third-order valence-corrected chi connectivity index (χ3v) is 3.56. The van der Waals surface area contributed by atoms with Crippen molar-refractivity contribution in [1.82, 2.24) is 4.90 Å². The molecule has 0 aromatic heterocycles. The molecule has 0 saturated heterocycles. The Bertz CT molecular complexity index is 435. The summed E-state index contributed by atoms with van der Waals surface area (Å²) in [6.07, 6.45) is 0. The fourth-order valence-electron chi connectivity index (χ4n) is 1.76. The lowest BCUT2D eigenvalue weighted by Gasteiger charge is -2.24. The normalized spacial score (nSPS) is 11.1. The number of ketones is 1. The first-order valence-corrected chi connectivity index (χ1v) is 7.00. The van der Waals surface area contributed by atoms with Gasteiger partial charge >= 0.3 is 0 Å². The Morgan fingerprint density at radius 1 is 1.47 bits per heavy atom. The van der Waals surface area contributed by atoms with E-state index in [1.54, 1.807) is 25.3 Å². The average molecular weight is 330 g/mol. The lowest BCUT2D eigenvalue weighted by atomic mass is 10.1. The van der Waals surface area contributed by atoms with E-state index in [0.717, 1.165) is 4.47 Å². The van der Waals surface area contributed by atoms with Crippen LogP contribution in [0.3, 0.4) is 0 Å². The minimum Gasteiger partial charge on any atom is -0.496 e. The van der Waals surface area contributed by atoms with Crippen molar-refractivity contribution in [3.8, 4) is 5.75 Å². The van der Waals surface area contributed by atoms with Gasteiger partial charge in [-0.15, -0.1) is 0 Å². The van der Waals surface area contributed by atoms with Crippen LogP contribution in [0.2, 0.25) is 0 Å². The molecular weight excluding hydrogens is 310 g/mol. The standard InChI is InChI=1S/C14H20BrNO3/c1-10(2)16(6-7-17)9-13(18)11-4-5-14(19-3)12(15)8-11/h4-5,8,10,17H,6-7,9H2,1-3H3. The first-order chi connectivity index (χ1) is 8.99. The second-order valence-corrected chi connectivity index (χ2v) is 5.41. The van der Waals surface area contributed by atoms with Crippen molar-refractivity contribution in [3.63, 3.8) is 0 Å². The summed E-state index contributed by atoms with van der Waals surface area (Å²) in [6.45, 7) is 4.87. The third-order valence-electron chi connectivity index (χ3n) is 2.94. The molecule has 1 rings (SSSR count). The van der Waals surface area contributed by atoms with Crippen molar-refractivity contribution < 1.29 is 14.6 Å². The van der Waals surface area contributed by atoms with Crippen LogP contribution >= 0.6 is 15.9 Å². The van der Waals surface area contributed by atoms with Crippen molar-refractivity contribution in [2.45, 2.75) is 19.9 Å². The number of aliphatic hydroxyl groups excluding tert-OH is 1. The molecular formula is C14H20BrNO3. The maximum Gasteiger partial charge on any atom is 0.176 e. The molecule has 0 saturated carbocycles. The van der Waals surface area contributed by atoms with Crippen LogP contribution in [0.1, 0.15) is 24.2 Å². The van der Waals surface area contributed by atoms with Crippen molar-refractivity contribution in [2.75, 3.05) is 26.8 Å². The number of rotatable bonds is 7. The molecule has 0 radical (unpaired) electrons. The minimum absolute atomic E-state index is 0.0329. The number of nitrogens with zero attached hydrogens (tertiary/aromatic N) is 1. The van der Waals surface area contributed by atoms with Crippen LogP contribution in [0.15, 0.2) is 22.7 Å². The van der Waals surface area contributed by atoms with Gasteiger partial charge in [-0.3, -0.25) is 9.69 Å². The van der Waals surface area contributed by atoms with Crippen LogP contribution in [0.5, 0.6) is 5.75 Å². The molecule has 1 aromatic carbocycles. The Morgan fingerprint density at radius 2 is 2.16 bits per heavy atom. The summed E-state index contributed by atoms with van der Waals surface area (Å²) in [6, 6.07) is 5.50. The maximum absolute atomic E-state index is 12.2. The molecule has 0 aliphatic rings. The van der Waals surface area contributed by atoms with Gasteiger partial charge < -0.3 is 9.84 Å². The van der Waals surface area contributed by atoms with Crippen LogP contribution in [-0.4, -0.2) is 48.6 Å². The summed E-state index contributed by atoms with van der Waals surface area (Å²) in [5.41, 5.74) is 0.635. The van der Waals surface area contributed by atoms with Crippen LogP contribution < -0.4 is 4.74 Å². The topological polar surface area (TPSA) is 49.8 Å². The quantitative estimate of drug-likeness (QED) is 0.780. The second kappa shape index (κ2) is 7.62. The number of carbonyl (C=O) groups excluding carboxylic acids is 1. The van der Waals surface area contributed by atoms with E-state index in [1.807, 2.05) is 18.7 Å². The van der Waals surface area contributed by atoms with E-state index in [4.69, 9.17) is 9.84 Å². The Balaban J connectivity index is 2.79. The zero-order chi connectivity index (χ0) is 14.4. The molecule has 0 atom stereocenters. The van der Waals surface area contributed by atoms with E-state index in [9.17, 15) is 4.79 Å². The third kappa shape index (κ3) is 4.60. The zero-order valence-electron chi connectivity index (χ0n) is 11.5. The van der Waals surface area contributed by atoms with Crippen LogP contribution in [-0.2, 0) is 0 Å². The first-order valence-electron chi connectivity index (χ1n) is 6.21. The monoisotopic (exact) mass is 329 g/mol. The highest BCUT2D eigenvalue weighted by Gasteiger charge is 2.15. The van der Waals surface area contributed by atoms with Crippen LogP contribution in [0, 0.1) is 0 Å². The van der Waals surface area contributed by atoms with Gasteiger partial charge in [0.1, 0.15) is 5.75 Å². The molecule has 0 amide bonds. The number of methoxy groups -OCH3 is 1. The SMILES string of the molecule is COc1ccc(C(=O)CN(CCO)C(C)C)cc1Br. The van der Waals surface area contributed by atoms with E-state index in [2.05, 4.69) is 15.9 Å². The lowest BCUT2D eigenvalue weighted by Crippen LogP contribution is -2.37.